The Labute approximate surface area is 135 Å². The number of sulfonamides is 1. The van der Waals surface area contributed by atoms with Crippen LogP contribution in [0.15, 0.2) is 34.8 Å². The van der Waals surface area contributed by atoms with Crippen LogP contribution in [0, 0.1) is 6.92 Å². The number of thiazole rings is 1. The topological polar surface area (TPSA) is 63.5 Å². The second-order valence-electron chi connectivity index (χ2n) is 4.33. The number of aromatic nitrogens is 2. The quantitative estimate of drug-likeness (QED) is 0.771. The zero-order valence-corrected chi connectivity index (χ0v) is 13.8. The third kappa shape index (κ3) is 2.62. The van der Waals surface area contributed by atoms with Crippen LogP contribution in [0.2, 0.25) is 10.2 Å². The van der Waals surface area contributed by atoms with E-state index >= 15 is 0 Å². The first-order valence-corrected chi connectivity index (χ1v) is 8.90. The van der Waals surface area contributed by atoms with Crippen LogP contribution in [0.4, 0.5) is 5.69 Å². The highest BCUT2D eigenvalue weighted by molar-refractivity contribution is 7.92. The largest absolute Gasteiger partial charge is 0.281 e. The molecule has 0 aliphatic carbocycles. The van der Waals surface area contributed by atoms with E-state index in [0.717, 1.165) is 0 Å². The summed E-state index contributed by atoms with van der Waals surface area (Å²) in [5.74, 6) is 0. The van der Waals surface area contributed by atoms with Crippen molar-refractivity contribution in [2.75, 3.05) is 4.72 Å². The van der Waals surface area contributed by atoms with Gasteiger partial charge in [0.05, 0.1) is 5.69 Å². The molecule has 2 heterocycles. The zero-order valence-electron chi connectivity index (χ0n) is 10.7. The molecule has 2 aromatic heterocycles. The lowest BCUT2D eigenvalue weighted by Gasteiger charge is -2.10. The maximum atomic E-state index is 12.5. The van der Waals surface area contributed by atoms with Crippen molar-refractivity contribution in [3.8, 4) is 0 Å². The maximum absolute atomic E-state index is 12.5. The first-order chi connectivity index (χ1) is 9.88. The van der Waals surface area contributed by atoms with E-state index in [-0.39, 0.29) is 10.2 Å². The van der Waals surface area contributed by atoms with Gasteiger partial charge >= 0.3 is 0 Å². The Morgan fingerprint density at radius 3 is 2.81 bits per heavy atom. The third-order valence-electron chi connectivity index (χ3n) is 2.87. The molecule has 0 aliphatic rings. The van der Waals surface area contributed by atoms with Crippen molar-refractivity contribution >= 4 is 55.2 Å². The molecule has 3 rings (SSSR count). The van der Waals surface area contributed by atoms with Gasteiger partial charge < -0.3 is 0 Å². The van der Waals surface area contributed by atoms with Crippen molar-refractivity contribution in [3.63, 3.8) is 0 Å². The van der Waals surface area contributed by atoms with Crippen molar-refractivity contribution in [3.05, 3.63) is 45.5 Å². The second kappa shape index (κ2) is 5.17. The number of halogens is 2. The third-order valence-corrected chi connectivity index (χ3v) is 5.62. The van der Waals surface area contributed by atoms with Crippen molar-refractivity contribution in [1.82, 2.24) is 9.38 Å². The lowest BCUT2D eigenvalue weighted by atomic mass is 10.2. The number of anilines is 1. The van der Waals surface area contributed by atoms with Gasteiger partial charge in [-0.15, -0.1) is 11.3 Å². The molecule has 110 valence electrons. The predicted octanol–water partition coefficient (Wildman–Crippen LogP) is 3.81. The Kier molecular flexibility index (Phi) is 3.61. The minimum Gasteiger partial charge on any atom is -0.278 e. The molecule has 0 spiro atoms. The average Bonchev–Trinajstić information content (AvgIpc) is 2.91. The first-order valence-electron chi connectivity index (χ1n) is 5.78. The lowest BCUT2D eigenvalue weighted by Crippen LogP contribution is -2.16. The van der Waals surface area contributed by atoms with Gasteiger partial charge in [0.15, 0.2) is 15.1 Å². The molecule has 3 aromatic rings. The SMILES string of the molecule is Cc1cc(Cl)ccc1NS(=O)(=O)c1c(Cl)nc2sccn12. The van der Waals surface area contributed by atoms with E-state index in [1.807, 2.05) is 0 Å². The first kappa shape index (κ1) is 14.6. The van der Waals surface area contributed by atoms with Crippen molar-refractivity contribution < 1.29 is 8.42 Å². The molecule has 1 aromatic carbocycles. The fourth-order valence-electron chi connectivity index (χ4n) is 1.91. The monoisotopic (exact) mass is 361 g/mol. The van der Waals surface area contributed by atoms with Crippen LogP contribution in [0.25, 0.3) is 4.96 Å². The number of hydrogen-bond acceptors (Lipinski definition) is 4. The minimum absolute atomic E-state index is 0.0547. The molecule has 0 bridgehead atoms. The highest BCUT2D eigenvalue weighted by Gasteiger charge is 2.25. The van der Waals surface area contributed by atoms with Gasteiger partial charge in [-0.25, -0.2) is 4.98 Å². The van der Waals surface area contributed by atoms with Gasteiger partial charge in [0.1, 0.15) is 0 Å². The molecule has 5 nitrogen and oxygen atoms in total. The summed E-state index contributed by atoms with van der Waals surface area (Å²) < 4.78 is 29.1. The number of fused-ring (bicyclic) bond motifs is 1. The van der Waals surface area contributed by atoms with Gasteiger partial charge in [0.2, 0.25) is 0 Å². The molecule has 0 saturated carbocycles. The number of imidazole rings is 1. The summed E-state index contributed by atoms with van der Waals surface area (Å²) >= 11 is 13.1. The van der Waals surface area contributed by atoms with E-state index in [9.17, 15) is 8.42 Å². The van der Waals surface area contributed by atoms with Crippen molar-refractivity contribution in [2.45, 2.75) is 11.9 Å². The Hall–Kier alpha value is -1.28. The van der Waals surface area contributed by atoms with Crippen LogP contribution >= 0.6 is 34.5 Å². The summed E-state index contributed by atoms with van der Waals surface area (Å²) in [5, 5.41) is 2.15. The molecule has 1 N–H and O–H groups in total. The predicted molar refractivity (Wildman–Crippen MR) is 85.1 cm³/mol. The van der Waals surface area contributed by atoms with Gasteiger partial charge in [0, 0.05) is 16.6 Å². The smallest absolute Gasteiger partial charge is 0.278 e. The van der Waals surface area contributed by atoms with Crippen LogP contribution < -0.4 is 4.72 Å². The maximum Gasteiger partial charge on any atom is 0.281 e. The van der Waals surface area contributed by atoms with Gasteiger partial charge in [-0.05, 0) is 30.7 Å². The summed E-state index contributed by atoms with van der Waals surface area (Å²) in [7, 11) is -3.85. The molecule has 21 heavy (non-hydrogen) atoms. The number of hydrogen-bond donors (Lipinski definition) is 1. The number of rotatable bonds is 3. The lowest BCUT2D eigenvalue weighted by molar-refractivity contribution is 0.596. The van der Waals surface area contributed by atoms with Crippen LogP contribution in [0.3, 0.4) is 0 Å². The van der Waals surface area contributed by atoms with Gasteiger partial charge in [-0.3, -0.25) is 9.12 Å². The Morgan fingerprint density at radius 2 is 2.10 bits per heavy atom. The molecule has 0 atom stereocenters. The second-order valence-corrected chi connectivity index (χ2v) is 7.59. The number of aryl methyl sites for hydroxylation is 1. The van der Waals surface area contributed by atoms with E-state index in [0.29, 0.717) is 21.2 Å². The normalized spacial score (nSPS) is 12.0. The van der Waals surface area contributed by atoms with Gasteiger partial charge in [0.25, 0.3) is 10.0 Å². The number of nitrogens with one attached hydrogen (secondary N) is 1. The fourth-order valence-corrected chi connectivity index (χ4v) is 4.73. The molecule has 0 aliphatic heterocycles. The molecular weight excluding hydrogens is 353 g/mol. The summed E-state index contributed by atoms with van der Waals surface area (Å²) in [4.78, 5) is 4.55. The molecule has 0 unspecified atom stereocenters. The summed E-state index contributed by atoms with van der Waals surface area (Å²) in [6.07, 6.45) is 1.61. The summed E-state index contributed by atoms with van der Waals surface area (Å²) in [6.45, 7) is 1.77. The van der Waals surface area contributed by atoms with Crippen molar-refractivity contribution in [1.29, 1.82) is 0 Å². The highest BCUT2D eigenvalue weighted by Crippen LogP contribution is 2.28. The zero-order chi connectivity index (χ0) is 15.2. The highest BCUT2D eigenvalue weighted by atomic mass is 35.5. The van der Waals surface area contributed by atoms with E-state index in [4.69, 9.17) is 23.2 Å². The van der Waals surface area contributed by atoms with E-state index < -0.39 is 10.0 Å². The van der Waals surface area contributed by atoms with E-state index in [2.05, 4.69) is 9.71 Å². The molecule has 0 fully saturated rings. The molecule has 0 saturated heterocycles. The van der Waals surface area contributed by atoms with E-state index in [1.165, 1.54) is 15.7 Å². The average molecular weight is 362 g/mol. The Morgan fingerprint density at radius 1 is 1.33 bits per heavy atom. The molecule has 9 heteroatoms. The molecular formula is C12H9Cl2N3O2S2. The van der Waals surface area contributed by atoms with Crippen molar-refractivity contribution in [2.24, 2.45) is 0 Å². The molecule has 0 radical (unpaired) electrons. The fraction of sp³-hybridized carbons (Fsp3) is 0.0833. The molecule has 0 amide bonds. The minimum atomic E-state index is -3.85. The van der Waals surface area contributed by atoms with Crippen LogP contribution in [-0.2, 0) is 10.0 Å². The number of benzene rings is 1. The Balaban J connectivity index is 2.08. The van der Waals surface area contributed by atoms with Crippen LogP contribution in [-0.4, -0.2) is 17.8 Å². The van der Waals surface area contributed by atoms with Crippen LogP contribution in [0.5, 0.6) is 0 Å². The van der Waals surface area contributed by atoms with Gasteiger partial charge in [-0.2, -0.15) is 8.42 Å². The number of nitrogens with zero attached hydrogens (tertiary/aromatic N) is 2. The standard InChI is InChI=1S/C12H9Cl2N3O2S2/c1-7-6-8(13)2-3-9(7)16-21(18,19)11-10(14)15-12-17(11)4-5-20-12/h2-6,16H,1H3. The van der Waals surface area contributed by atoms with Gasteiger partial charge in [-0.1, -0.05) is 23.2 Å². The summed E-state index contributed by atoms with van der Waals surface area (Å²) in [5.41, 5.74) is 1.16. The Bertz CT molecular complexity index is 931. The van der Waals surface area contributed by atoms with E-state index in [1.54, 1.807) is 36.7 Å². The summed E-state index contributed by atoms with van der Waals surface area (Å²) in [6, 6.07) is 4.90. The van der Waals surface area contributed by atoms with Crippen LogP contribution in [0.1, 0.15) is 5.56 Å².